The third-order valence-corrected chi connectivity index (χ3v) is 3.79. The number of hydrogen-bond donors (Lipinski definition) is 1. The molecule has 2 nitrogen and oxygen atoms in total. The van der Waals surface area contributed by atoms with E-state index in [0.717, 1.165) is 18.4 Å². The monoisotopic (exact) mass is 218 g/mol. The highest BCUT2D eigenvalue weighted by atomic mass is 19.1. The highest BCUT2D eigenvalue weighted by Gasteiger charge is 2.47. The molecule has 16 heavy (non-hydrogen) atoms. The first-order valence-corrected chi connectivity index (χ1v) is 5.88. The van der Waals surface area contributed by atoms with Crippen molar-refractivity contribution >= 4 is 5.87 Å². The Labute approximate surface area is 94.6 Å². The molecule has 0 saturated carbocycles. The van der Waals surface area contributed by atoms with Gasteiger partial charge in [0, 0.05) is 30.8 Å². The first-order chi connectivity index (χ1) is 7.67. The summed E-state index contributed by atoms with van der Waals surface area (Å²) in [5.74, 6) is 2.64. The van der Waals surface area contributed by atoms with Gasteiger partial charge in [-0.2, -0.15) is 4.99 Å². The van der Waals surface area contributed by atoms with Crippen LogP contribution in [-0.2, 0) is 0 Å². The molecule has 0 aromatic heterocycles. The van der Waals surface area contributed by atoms with Crippen molar-refractivity contribution in [1.82, 2.24) is 5.32 Å². The average Bonchev–Trinajstić information content (AvgIpc) is 2.59. The Morgan fingerprint density at radius 2 is 2.12 bits per heavy atom. The number of nitrogens with zero attached hydrogens (tertiary/aromatic N) is 1. The van der Waals surface area contributed by atoms with Crippen molar-refractivity contribution in [3.8, 4) is 0 Å². The van der Waals surface area contributed by atoms with Crippen LogP contribution in [0, 0.1) is 0 Å². The lowest BCUT2D eigenvalue weighted by atomic mass is 9.84. The number of piperidine rings is 1. The van der Waals surface area contributed by atoms with Crippen molar-refractivity contribution in [2.45, 2.75) is 50.4 Å². The minimum atomic E-state index is -1.26. The lowest BCUT2D eigenvalue weighted by molar-refractivity contribution is 0.125. The lowest BCUT2D eigenvalue weighted by Gasteiger charge is -2.35. The maximum Gasteiger partial charge on any atom is 0.156 e. The number of aliphatic imine (C=N–C) groups is 1. The highest BCUT2D eigenvalue weighted by Crippen LogP contribution is 2.43. The van der Waals surface area contributed by atoms with E-state index in [1.54, 1.807) is 6.08 Å². The van der Waals surface area contributed by atoms with Crippen LogP contribution in [0.5, 0.6) is 0 Å². The van der Waals surface area contributed by atoms with Crippen molar-refractivity contribution in [1.29, 1.82) is 0 Å². The van der Waals surface area contributed by atoms with Crippen molar-refractivity contribution in [3.05, 3.63) is 23.1 Å². The number of halogens is 1. The third kappa shape index (κ3) is 1.49. The molecule has 3 heterocycles. The van der Waals surface area contributed by atoms with Crippen LogP contribution in [0.1, 0.15) is 32.6 Å². The van der Waals surface area contributed by atoms with Crippen LogP contribution in [0.3, 0.4) is 0 Å². The first kappa shape index (κ1) is 10.0. The second-order valence-corrected chi connectivity index (χ2v) is 5.06. The van der Waals surface area contributed by atoms with Crippen LogP contribution in [0.15, 0.2) is 28.1 Å². The van der Waals surface area contributed by atoms with E-state index in [0.29, 0.717) is 30.6 Å². The Hall–Kier alpha value is -1.14. The molecular weight excluding hydrogens is 203 g/mol. The number of hydrogen-bond acceptors (Lipinski definition) is 2. The number of nitrogens with one attached hydrogen (secondary N) is 1. The summed E-state index contributed by atoms with van der Waals surface area (Å²) in [4.78, 5) is 4.09. The standard InChI is InChI=1S/C13H15FN2/c1-9-3-2-6-15-12(9)13(14)7-10-4-5-11(8-13)16-10/h3,10-11,16H,4-5,7-8H2,1H3. The minimum absolute atomic E-state index is 0.328. The van der Waals surface area contributed by atoms with Crippen LogP contribution < -0.4 is 5.32 Å². The average molecular weight is 218 g/mol. The van der Waals surface area contributed by atoms with E-state index in [1.165, 1.54) is 0 Å². The molecule has 2 atom stereocenters. The molecule has 2 unspecified atom stereocenters. The van der Waals surface area contributed by atoms with E-state index in [9.17, 15) is 4.39 Å². The smallest absolute Gasteiger partial charge is 0.156 e. The number of alkyl halides is 1. The molecule has 2 saturated heterocycles. The molecule has 0 aliphatic carbocycles. The number of rotatable bonds is 1. The van der Waals surface area contributed by atoms with Gasteiger partial charge in [0.1, 0.15) is 0 Å². The van der Waals surface area contributed by atoms with E-state index in [4.69, 9.17) is 0 Å². The van der Waals surface area contributed by atoms with Gasteiger partial charge in [-0.05, 0) is 37.1 Å². The molecular formula is C13H15FN2. The normalized spacial score (nSPS) is 40.9. The van der Waals surface area contributed by atoms with E-state index >= 15 is 0 Å². The molecule has 0 spiro atoms. The summed E-state index contributed by atoms with van der Waals surface area (Å²) in [5.41, 5.74) is 2.98. The third-order valence-electron chi connectivity index (χ3n) is 3.79. The van der Waals surface area contributed by atoms with Gasteiger partial charge < -0.3 is 5.32 Å². The minimum Gasteiger partial charge on any atom is -0.311 e. The Balaban J connectivity index is 1.95. The maximum absolute atomic E-state index is 15.0. The number of allylic oxidation sites excluding steroid dienone is 3. The second kappa shape index (κ2) is 3.43. The van der Waals surface area contributed by atoms with Gasteiger partial charge in [-0.25, -0.2) is 4.39 Å². The molecule has 3 rings (SSSR count). The summed E-state index contributed by atoms with van der Waals surface area (Å²) in [6.45, 7) is 1.90. The predicted molar refractivity (Wildman–Crippen MR) is 61.2 cm³/mol. The van der Waals surface area contributed by atoms with Gasteiger partial charge in [-0.3, -0.25) is 0 Å². The molecule has 84 valence electrons. The van der Waals surface area contributed by atoms with Crippen molar-refractivity contribution in [2.24, 2.45) is 4.99 Å². The fourth-order valence-electron chi connectivity index (χ4n) is 3.12. The summed E-state index contributed by atoms with van der Waals surface area (Å²) in [6, 6.07) is 0.656. The second-order valence-electron chi connectivity index (χ2n) is 5.06. The lowest BCUT2D eigenvalue weighted by Crippen LogP contribution is -2.47. The van der Waals surface area contributed by atoms with E-state index in [-0.39, 0.29) is 0 Å². The molecule has 0 aromatic carbocycles. The van der Waals surface area contributed by atoms with Gasteiger partial charge in [0.25, 0.3) is 0 Å². The van der Waals surface area contributed by atoms with Crippen molar-refractivity contribution in [2.75, 3.05) is 0 Å². The van der Waals surface area contributed by atoms with Gasteiger partial charge >= 0.3 is 0 Å². The summed E-state index contributed by atoms with van der Waals surface area (Å²) in [5, 5.41) is 3.45. The molecule has 3 aliphatic heterocycles. The SMILES string of the molecule is CC1=C(C2(F)CC3CCC(C2)N3)N=C=C=C1. The van der Waals surface area contributed by atoms with Gasteiger partial charge in [-0.15, -0.1) is 0 Å². The Kier molecular flexibility index (Phi) is 2.15. The molecule has 0 aromatic rings. The van der Waals surface area contributed by atoms with E-state index in [1.807, 2.05) is 6.92 Å². The van der Waals surface area contributed by atoms with Crippen molar-refractivity contribution in [3.63, 3.8) is 0 Å². The largest absolute Gasteiger partial charge is 0.311 e. The molecule has 0 radical (unpaired) electrons. The van der Waals surface area contributed by atoms with Crippen LogP contribution in [0.4, 0.5) is 4.39 Å². The fraction of sp³-hybridized carbons (Fsp3) is 0.615. The van der Waals surface area contributed by atoms with Crippen molar-refractivity contribution < 1.29 is 4.39 Å². The molecule has 3 heteroatoms. The number of fused-ring (bicyclic) bond motifs is 2. The fourth-order valence-corrected chi connectivity index (χ4v) is 3.12. The van der Waals surface area contributed by atoms with Crippen LogP contribution in [0.25, 0.3) is 0 Å². The predicted octanol–water partition coefficient (Wildman–Crippen LogP) is 2.28. The van der Waals surface area contributed by atoms with Gasteiger partial charge in [0.15, 0.2) is 5.67 Å². The summed E-state index contributed by atoms with van der Waals surface area (Å²) in [6.07, 6.45) is 5.06. The molecule has 3 aliphatic rings. The molecule has 0 amide bonds. The van der Waals surface area contributed by atoms with Crippen LogP contribution >= 0.6 is 0 Å². The van der Waals surface area contributed by atoms with Crippen LogP contribution in [0.2, 0.25) is 0 Å². The van der Waals surface area contributed by atoms with E-state index in [2.05, 4.69) is 21.9 Å². The maximum atomic E-state index is 15.0. The van der Waals surface area contributed by atoms with Gasteiger partial charge in [0.2, 0.25) is 0 Å². The van der Waals surface area contributed by atoms with Gasteiger partial charge in [-0.1, -0.05) is 0 Å². The molecule has 1 N–H and O–H groups in total. The Morgan fingerprint density at radius 3 is 2.75 bits per heavy atom. The molecule has 2 fully saturated rings. The van der Waals surface area contributed by atoms with Gasteiger partial charge in [0.05, 0.1) is 5.70 Å². The summed E-state index contributed by atoms with van der Waals surface area (Å²) < 4.78 is 15.0. The molecule has 2 bridgehead atoms. The van der Waals surface area contributed by atoms with E-state index < -0.39 is 5.67 Å². The zero-order valence-corrected chi connectivity index (χ0v) is 9.39. The summed E-state index contributed by atoms with van der Waals surface area (Å²) >= 11 is 0. The first-order valence-electron chi connectivity index (χ1n) is 5.88. The van der Waals surface area contributed by atoms with Crippen LogP contribution in [-0.4, -0.2) is 23.6 Å². The summed E-state index contributed by atoms with van der Waals surface area (Å²) in [7, 11) is 0. The zero-order valence-electron chi connectivity index (χ0n) is 9.39. The zero-order chi connectivity index (χ0) is 11.2. The quantitative estimate of drug-likeness (QED) is 0.671. The Bertz CT molecular complexity index is 439. The highest BCUT2D eigenvalue weighted by molar-refractivity contribution is 5.58. The topological polar surface area (TPSA) is 24.4 Å². The Morgan fingerprint density at radius 1 is 1.44 bits per heavy atom.